The van der Waals surface area contributed by atoms with Crippen LogP contribution in [-0.2, 0) is 52.8 Å². The molecule has 378 valence electrons. The van der Waals surface area contributed by atoms with Gasteiger partial charge in [-0.05, 0) is 61.9 Å². The van der Waals surface area contributed by atoms with Gasteiger partial charge in [-0.1, -0.05) is 78.7 Å². The lowest BCUT2D eigenvalue weighted by Crippen LogP contribution is -2.61. The second-order valence-electron chi connectivity index (χ2n) is 17.6. The van der Waals surface area contributed by atoms with Crippen molar-refractivity contribution in [2.24, 2.45) is 5.73 Å². The van der Waals surface area contributed by atoms with Crippen LogP contribution in [0.25, 0.3) is 21.8 Å². The smallest absolute Gasteiger partial charge is 0.337 e. The lowest BCUT2D eigenvalue weighted by atomic mass is 10.0. The number of urea groups is 1. The van der Waals surface area contributed by atoms with E-state index < -0.39 is 90.2 Å². The Bertz CT molecular complexity index is 2830. The zero-order valence-electron chi connectivity index (χ0n) is 40.5. The number of primary amides is 1. The summed E-state index contributed by atoms with van der Waals surface area (Å²) >= 11 is 0. The number of aromatic amines is 2. The summed E-state index contributed by atoms with van der Waals surface area (Å²) in [5, 5.41) is 18.7. The fraction of sp³-hybridized carbons (Fsp3) is 0.346. The first kappa shape index (κ1) is 52.8. The van der Waals surface area contributed by atoms with Crippen molar-refractivity contribution >= 4 is 69.2 Å². The molecule has 1 aliphatic rings. The van der Waals surface area contributed by atoms with Crippen LogP contribution in [0.15, 0.2) is 104 Å². The Morgan fingerprint density at radius 2 is 1.31 bits per heavy atom. The highest BCUT2D eigenvalue weighted by Gasteiger charge is 2.33. The first-order valence-electron chi connectivity index (χ1n) is 23.7. The standard InChI is InChI=1S/C52H62N12O8/c1-5-23-63-24-14-13-22-42(46(53)66)58-50(70)43(27-35-16-7-6-8-17-35)60-51(71)44(28-36-30-54-40-20-11-9-18-38(36)40)59-47(67)32(2)57-49(69)45(29-37-31-55-41-21-12-10-19-39(37)41)61-52(72)64(26-15-25-63)62-48(68)33(3)56-34(4)65/h5-12,16-21,30-33,42-45,54-55H,1,13-14,22-24,26-29H2,2-4H3,(H2,53,66)(H,56,65)(H,57,69)(H,58,70)(H,59,67)(H,60,71)(H,61,72)(H,62,68)/t32-,33-,42-,43+,44-,45+/m0/s1. The topological polar surface area (TPSA) is 285 Å². The third kappa shape index (κ3) is 14.7. The zero-order valence-corrected chi connectivity index (χ0v) is 40.5. The molecule has 0 saturated carbocycles. The number of fused-ring (bicyclic) bond motifs is 2. The molecule has 72 heavy (non-hydrogen) atoms. The highest BCUT2D eigenvalue weighted by Crippen LogP contribution is 2.21. The number of amides is 9. The highest BCUT2D eigenvalue weighted by molar-refractivity contribution is 5.97. The Hall–Kier alpha value is -8.60. The number of rotatable bonds is 12. The van der Waals surface area contributed by atoms with Crippen LogP contribution in [0.3, 0.4) is 0 Å². The molecule has 3 aromatic carbocycles. The molecule has 0 aliphatic carbocycles. The molecule has 0 radical (unpaired) electrons. The molecule has 0 saturated heterocycles. The third-order valence-corrected chi connectivity index (χ3v) is 12.1. The van der Waals surface area contributed by atoms with Gasteiger partial charge in [0.25, 0.3) is 5.91 Å². The van der Waals surface area contributed by atoms with Gasteiger partial charge in [-0.3, -0.25) is 39.0 Å². The molecule has 5 aromatic rings. The van der Waals surface area contributed by atoms with Crippen LogP contribution in [0.2, 0.25) is 0 Å². The largest absolute Gasteiger partial charge is 0.368 e. The van der Waals surface area contributed by atoms with Crippen molar-refractivity contribution < 1.29 is 38.4 Å². The van der Waals surface area contributed by atoms with E-state index in [0.717, 1.165) is 26.8 Å². The van der Waals surface area contributed by atoms with E-state index in [0.29, 0.717) is 42.6 Å². The summed E-state index contributed by atoms with van der Waals surface area (Å²) in [7, 11) is 0. The molecule has 2 aromatic heterocycles. The quantitative estimate of drug-likeness (QED) is 0.0643. The average Bonchev–Trinajstić information content (AvgIpc) is 3.96. The molecule has 9 amide bonds. The van der Waals surface area contributed by atoms with Gasteiger partial charge in [0.15, 0.2) is 0 Å². The molecule has 6 atom stereocenters. The third-order valence-electron chi connectivity index (χ3n) is 12.1. The van der Waals surface area contributed by atoms with E-state index in [4.69, 9.17) is 5.73 Å². The van der Waals surface area contributed by atoms with Crippen molar-refractivity contribution in [3.8, 4) is 12.0 Å². The van der Waals surface area contributed by atoms with Crippen LogP contribution in [0.4, 0.5) is 4.79 Å². The van der Waals surface area contributed by atoms with Crippen molar-refractivity contribution in [2.45, 2.75) is 95.5 Å². The Morgan fingerprint density at radius 3 is 1.92 bits per heavy atom. The van der Waals surface area contributed by atoms with Gasteiger partial charge < -0.3 is 52.5 Å². The minimum Gasteiger partial charge on any atom is -0.368 e. The maximum absolute atomic E-state index is 14.6. The van der Waals surface area contributed by atoms with Gasteiger partial charge in [-0.15, -0.1) is 6.58 Å². The lowest BCUT2D eigenvalue weighted by molar-refractivity contribution is -0.134. The molecule has 0 unspecified atom stereocenters. The summed E-state index contributed by atoms with van der Waals surface area (Å²) in [4.78, 5) is 118. The van der Waals surface area contributed by atoms with E-state index >= 15 is 0 Å². The van der Waals surface area contributed by atoms with E-state index in [1.54, 1.807) is 47.6 Å². The molecule has 0 fully saturated rings. The number of hydrogen-bond donors (Lipinski definition) is 10. The van der Waals surface area contributed by atoms with Gasteiger partial charge >= 0.3 is 6.03 Å². The average molecular weight is 983 g/mol. The number of aromatic nitrogens is 2. The highest BCUT2D eigenvalue weighted by atomic mass is 16.2. The SMILES string of the molecule is C=CCN1C#CCN(NC(=O)[C@H](C)NC(C)=O)C(=O)N[C@H](Cc2c[nH]c3ccccc23)C(=O)N[C@@H](C)C(=O)N[C@@H](Cc2c[nH]c3ccccc23)C(=O)N[C@H](Cc2ccccc2)C(=O)N[C@H](C(N)=O)CCCC1. The molecule has 20 nitrogen and oxygen atoms in total. The number of hydrazine groups is 1. The number of nitrogens with one attached hydrogen (secondary N) is 9. The number of hydrogen-bond acceptors (Lipinski definition) is 9. The van der Waals surface area contributed by atoms with Gasteiger partial charge in [-0.2, -0.15) is 0 Å². The van der Waals surface area contributed by atoms with Crippen molar-refractivity contribution in [3.63, 3.8) is 0 Å². The predicted molar refractivity (Wildman–Crippen MR) is 271 cm³/mol. The number of carbonyl (C=O) groups excluding carboxylic acids is 8. The molecule has 0 bridgehead atoms. The van der Waals surface area contributed by atoms with Crippen molar-refractivity contribution in [3.05, 3.63) is 121 Å². The predicted octanol–water partition coefficient (Wildman–Crippen LogP) is 1.69. The van der Waals surface area contributed by atoms with Crippen molar-refractivity contribution in [1.82, 2.24) is 57.2 Å². The van der Waals surface area contributed by atoms with Crippen molar-refractivity contribution in [2.75, 3.05) is 19.6 Å². The monoisotopic (exact) mass is 982 g/mol. The molecular formula is C52H62N12O8. The summed E-state index contributed by atoms with van der Waals surface area (Å²) in [5.74, 6) is -2.07. The summed E-state index contributed by atoms with van der Waals surface area (Å²) in [5.41, 5.74) is 11.9. The molecule has 0 spiro atoms. The first-order chi connectivity index (χ1) is 34.6. The number of para-hydroxylation sites is 2. The van der Waals surface area contributed by atoms with Crippen LogP contribution < -0.4 is 43.1 Å². The van der Waals surface area contributed by atoms with Crippen LogP contribution in [0.1, 0.15) is 56.7 Å². The first-order valence-corrected chi connectivity index (χ1v) is 23.7. The number of carbonyl (C=O) groups is 8. The zero-order chi connectivity index (χ0) is 51.7. The van der Waals surface area contributed by atoms with E-state index in [9.17, 15) is 38.4 Å². The summed E-state index contributed by atoms with van der Waals surface area (Å²) in [6.45, 7) is 8.17. The van der Waals surface area contributed by atoms with E-state index in [2.05, 4.69) is 65.8 Å². The number of nitrogens with zero attached hydrogens (tertiary/aromatic N) is 2. The minimum absolute atomic E-state index is 0.0261. The van der Waals surface area contributed by atoms with Crippen LogP contribution in [-0.4, -0.2) is 123 Å². The number of benzene rings is 3. The van der Waals surface area contributed by atoms with Crippen molar-refractivity contribution in [1.29, 1.82) is 0 Å². The fourth-order valence-corrected chi connectivity index (χ4v) is 8.24. The molecular weight excluding hydrogens is 921 g/mol. The maximum Gasteiger partial charge on any atom is 0.337 e. The molecule has 11 N–H and O–H groups in total. The summed E-state index contributed by atoms with van der Waals surface area (Å²) in [6.07, 6.45) is 5.98. The second kappa shape index (κ2) is 25.3. The van der Waals surface area contributed by atoms with Crippen LogP contribution in [0, 0.1) is 12.0 Å². The molecule has 1 aliphatic heterocycles. The Labute approximate surface area is 417 Å². The lowest BCUT2D eigenvalue weighted by Gasteiger charge is -2.28. The summed E-state index contributed by atoms with van der Waals surface area (Å²) < 4.78 is 0. The van der Waals surface area contributed by atoms with E-state index in [1.165, 1.54) is 20.8 Å². The minimum atomic E-state index is -1.36. The normalized spacial score (nSPS) is 20.5. The van der Waals surface area contributed by atoms with Gasteiger partial charge in [0.1, 0.15) is 42.8 Å². The molecule has 20 heteroatoms. The fourth-order valence-electron chi connectivity index (χ4n) is 8.24. The van der Waals surface area contributed by atoms with E-state index in [-0.39, 0.29) is 25.7 Å². The second-order valence-corrected chi connectivity index (χ2v) is 17.6. The van der Waals surface area contributed by atoms with Gasteiger partial charge in [0, 0.05) is 79.5 Å². The molecule has 3 heterocycles. The Balaban J connectivity index is 1.37. The van der Waals surface area contributed by atoms with Gasteiger partial charge in [0.2, 0.25) is 35.4 Å². The molecule has 6 rings (SSSR count). The Morgan fingerprint density at radius 1 is 0.750 bits per heavy atom. The Kier molecular flexibility index (Phi) is 18.6. The number of H-pyrrole nitrogens is 2. The van der Waals surface area contributed by atoms with Crippen LogP contribution in [0.5, 0.6) is 0 Å². The number of nitrogens with two attached hydrogens (primary N) is 1. The summed E-state index contributed by atoms with van der Waals surface area (Å²) in [6, 6.07) is 18.4. The van der Waals surface area contributed by atoms with Gasteiger partial charge in [-0.25, -0.2) is 9.80 Å². The van der Waals surface area contributed by atoms with Crippen LogP contribution >= 0.6 is 0 Å². The van der Waals surface area contributed by atoms with Gasteiger partial charge in [0.05, 0.1) is 0 Å². The van der Waals surface area contributed by atoms with E-state index in [1.807, 2.05) is 54.6 Å². The maximum atomic E-state index is 14.6.